The highest BCUT2D eigenvalue weighted by Gasteiger charge is 2.13. The molecule has 7 heteroatoms. The van der Waals surface area contributed by atoms with Gasteiger partial charge in [-0.05, 0) is 42.3 Å². The van der Waals surface area contributed by atoms with Gasteiger partial charge in [0.25, 0.3) is 5.91 Å². The second-order valence-corrected chi connectivity index (χ2v) is 5.91. The van der Waals surface area contributed by atoms with Gasteiger partial charge in [-0.25, -0.2) is 4.79 Å². The maximum Gasteiger partial charge on any atom is 0.340 e. The fraction of sp³-hybridized carbons (Fsp3) is 0.176. The lowest BCUT2D eigenvalue weighted by Crippen LogP contribution is -2.30. The van der Waals surface area contributed by atoms with Gasteiger partial charge in [-0.3, -0.25) is 4.79 Å². The fourth-order valence-corrected chi connectivity index (χ4v) is 2.41. The van der Waals surface area contributed by atoms with E-state index in [9.17, 15) is 9.59 Å². The van der Waals surface area contributed by atoms with Crippen molar-refractivity contribution in [2.75, 3.05) is 18.9 Å². The summed E-state index contributed by atoms with van der Waals surface area (Å²) in [6.07, 6.45) is 0.629. The Hall–Kier alpha value is -2.24. The molecule has 5 nitrogen and oxygen atoms in total. The first-order valence-corrected chi connectivity index (χ1v) is 7.94. The Morgan fingerprint density at radius 3 is 2.54 bits per heavy atom. The molecule has 0 aliphatic carbocycles. The molecule has 0 fully saturated rings. The van der Waals surface area contributed by atoms with Crippen molar-refractivity contribution in [1.82, 2.24) is 5.32 Å². The van der Waals surface area contributed by atoms with E-state index >= 15 is 0 Å². The lowest BCUT2D eigenvalue weighted by Gasteiger charge is -2.08. The van der Waals surface area contributed by atoms with E-state index in [1.165, 1.54) is 18.2 Å². The summed E-state index contributed by atoms with van der Waals surface area (Å²) in [6, 6.07) is 11.8. The van der Waals surface area contributed by atoms with Gasteiger partial charge in [-0.15, -0.1) is 0 Å². The highest BCUT2D eigenvalue weighted by molar-refractivity contribution is 6.31. The first kappa shape index (κ1) is 18.1. The van der Waals surface area contributed by atoms with Crippen molar-refractivity contribution in [3.8, 4) is 0 Å². The van der Waals surface area contributed by atoms with Crippen molar-refractivity contribution in [3.05, 3.63) is 63.6 Å². The van der Waals surface area contributed by atoms with Crippen LogP contribution in [-0.2, 0) is 16.0 Å². The minimum absolute atomic E-state index is 0.172. The molecule has 0 bridgehead atoms. The van der Waals surface area contributed by atoms with Crippen molar-refractivity contribution in [2.45, 2.75) is 6.42 Å². The number of benzene rings is 2. The second kappa shape index (κ2) is 8.57. The first-order chi connectivity index (χ1) is 11.5. The zero-order chi connectivity index (χ0) is 17.5. The highest BCUT2D eigenvalue weighted by atomic mass is 35.5. The van der Waals surface area contributed by atoms with Crippen LogP contribution in [0.4, 0.5) is 5.69 Å². The average Bonchev–Trinajstić information content (AvgIpc) is 2.53. The molecule has 2 rings (SSSR count). The van der Waals surface area contributed by atoms with Crippen molar-refractivity contribution < 1.29 is 14.3 Å². The van der Waals surface area contributed by atoms with Gasteiger partial charge in [-0.2, -0.15) is 0 Å². The third-order valence-electron chi connectivity index (χ3n) is 3.19. The van der Waals surface area contributed by atoms with Crippen LogP contribution < -0.4 is 11.1 Å². The zero-order valence-electron chi connectivity index (χ0n) is 12.7. The van der Waals surface area contributed by atoms with Gasteiger partial charge >= 0.3 is 5.97 Å². The minimum atomic E-state index is -0.672. The number of rotatable bonds is 6. The summed E-state index contributed by atoms with van der Waals surface area (Å²) in [7, 11) is 0. The maximum atomic E-state index is 11.9. The number of carbonyl (C=O) groups is 2. The van der Waals surface area contributed by atoms with E-state index in [1.54, 1.807) is 6.07 Å². The Morgan fingerprint density at radius 1 is 1.08 bits per heavy atom. The predicted molar refractivity (Wildman–Crippen MR) is 94.3 cm³/mol. The summed E-state index contributed by atoms with van der Waals surface area (Å²) in [4.78, 5) is 23.6. The second-order valence-electron chi connectivity index (χ2n) is 5.04. The number of halogens is 2. The Labute approximate surface area is 149 Å². The van der Waals surface area contributed by atoms with Crippen LogP contribution in [0.25, 0.3) is 0 Å². The van der Waals surface area contributed by atoms with E-state index < -0.39 is 11.9 Å². The summed E-state index contributed by atoms with van der Waals surface area (Å²) in [5.41, 5.74) is 7.07. The highest BCUT2D eigenvalue weighted by Crippen LogP contribution is 2.18. The number of carbonyl (C=O) groups excluding carboxylic acids is 2. The van der Waals surface area contributed by atoms with Gasteiger partial charge in [0, 0.05) is 22.3 Å². The van der Waals surface area contributed by atoms with Gasteiger partial charge in [0.05, 0.1) is 5.56 Å². The molecule has 0 heterocycles. The Morgan fingerprint density at radius 2 is 1.83 bits per heavy atom. The molecular weight excluding hydrogens is 351 g/mol. The SMILES string of the molecule is Nc1cc(Cl)ccc1C(=O)OCC(=O)NCCc1cccc(Cl)c1. The van der Waals surface area contributed by atoms with E-state index in [1.807, 2.05) is 18.2 Å². The molecule has 0 aliphatic heterocycles. The molecule has 1 amide bonds. The number of nitrogens with one attached hydrogen (secondary N) is 1. The van der Waals surface area contributed by atoms with Gasteiger partial charge in [-0.1, -0.05) is 35.3 Å². The molecule has 2 aromatic rings. The lowest BCUT2D eigenvalue weighted by atomic mass is 10.1. The van der Waals surface area contributed by atoms with Crippen LogP contribution >= 0.6 is 23.2 Å². The Kier molecular flexibility index (Phi) is 6.46. The standard InChI is InChI=1S/C17H16Cl2N2O3/c18-12-3-1-2-11(8-12)6-7-21-16(22)10-24-17(23)14-5-4-13(19)9-15(14)20/h1-5,8-9H,6-7,10,20H2,(H,21,22). The minimum Gasteiger partial charge on any atom is -0.452 e. The van der Waals surface area contributed by atoms with Gasteiger partial charge in [0.2, 0.25) is 0 Å². The summed E-state index contributed by atoms with van der Waals surface area (Å²) >= 11 is 11.7. The third kappa shape index (κ3) is 5.44. The summed E-state index contributed by atoms with van der Waals surface area (Å²) in [5.74, 6) is -1.06. The molecule has 126 valence electrons. The molecule has 0 saturated heterocycles. The normalized spacial score (nSPS) is 10.2. The van der Waals surface area contributed by atoms with E-state index in [4.69, 9.17) is 33.7 Å². The molecule has 0 atom stereocenters. The van der Waals surface area contributed by atoms with Crippen molar-refractivity contribution >= 4 is 40.8 Å². The lowest BCUT2D eigenvalue weighted by molar-refractivity contribution is -0.124. The largest absolute Gasteiger partial charge is 0.452 e. The van der Waals surface area contributed by atoms with Crippen molar-refractivity contribution in [2.24, 2.45) is 0 Å². The topological polar surface area (TPSA) is 81.4 Å². The van der Waals surface area contributed by atoms with E-state index in [0.717, 1.165) is 5.56 Å². The zero-order valence-corrected chi connectivity index (χ0v) is 14.2. The van der Waals surface area contributed by atoms with Crippen LogP contribution in [-0.4, -0.2) is 25.0 Å². The number of esters is 1. The Balaban J connectivity index is 1.75. The van der Waals surface area contributed by atoms with Gasteiger partial charge in [0.15, 0.2) is 6.61 Å². The predicted octanol–water partition coefficient (Wildman–Crippen LogP) is 3.09. The molecule has 24 heavy (non-hydrogen) atoms. The number of hydrogen-bond donors (Lipinski definition) is 2. The molecule has 3 N–H and O–H groups in total. The molecular formula is C17H16Cl2N2O3. The van der Waals surface area contributed by atoms with Crippen LogP contribution in [0.2, 0.25) is 10.0 Å². The maximum absolute atomic E-state index is 11.9. The van der Waals surface area contributed by atoms with Gasteiger partial charge < -0.3 is 15.8 Å². The third-order valence-corrected chi connectivity index (χ3v) is 3.66. The first-order valence-electron chi connectivity index (χ1n) is 7.19. The van der Waals surface area contributed by atoms with Crippen molar-refractivity contribution in [1.29, 1.82) is 0 Å². The van der Waals surface area contributed by atoms with Crippen LogP contribution in [0.5, 0.6) is 0 Å². The summed E-state index contributed by atoms with van der Waals surface area (Å²) in [6.45, 7) is 0.0380. The molecule has 2 aromatic carbocycles. The average molecular weight is 367 g/mol. The van der Waals surface area contributed by atoms with Crippen LogP contribution in [0, 0.1) is 0 Å². The molecule has 0 radical (unpaired) electrons. The quantitative estimate of drug-likeness (QED) is 0.607. The van der Waals surface area contributed by atoms with Crippen LogP contribution in [0.1, 0.15) is 15.9 Å². The van der Waals surface area contributed by atoms with E-state index in [2.05, 4.69) is 5.32 Å². The molecule has 0 aliphatic rings. The number of nitrogen functional groups attached to an aromatic ring is 1. The monoisotopic (exact) mass is 366 g/mol. The summed E-state index contributed by atoms with van der Waals surface area (Å²) in [5, 5.41) is 3.74. The molecule has 0 spiro atoms. The number of nitrogens with two attached hydrogens (primary N) is 1. The summed E-state index contributed by atoms with van der Waals surface area (Å²) < 4.78 is 4.94. The number of anilines is 1. The van der Waals surface area contributed by atoms with E-state index in [0.29, 0.717) is 23.0 Å². The molecule has 0 unspecified atom stereocenters. The molecule has 0 aromatic heterocycles. The fourth-order valence-electron chi connectivity index (χ4n) is 2.02. The van der Waals surface area contributed by atoms with Crippen molar-refractivity contribution in [3.63, 3.8) is 0 Å². The smallest absolute Gasteiger partial charge is 0.340 e. The number of hydrogen-bond acceptors (Lipinski definition) is 4. The Bertz CT molecular complexity index is 750. The van der Waals surface area contributed by atoms with Gasteiger partial charge in [0.1, 0.15) is 0 Å². The van der Waals surface area contributed by atoms with Crippen LogP contribution in [0.3, 0.4) is 0 Å². The number of ether oxygens (including phenoxy) is 1. The van der Waals surface area contributed by atoms with Crippen LogP contribution in [0.15, 0.2) is 42.5 Å². The van der Waals surface area contributed by atoms with E-state index in [-0.39, 0.29) is 17.9 Å². The number of amides is 1. The molecule has 0 saturated carbocycles.